The molecule has 1 unspecified atom stereocenters. The molecule has 0 bridgehead atoms. The Morgan fingerprint density at radius 3 is 1.78 bits per heavy atom. The number of carboxylic acids is 1. The van der Waals surface area contributed by atoms with Crippen LogP contribution in [-0.4, -0.2) is 98.1 Å². The molecule has 0 amide bonds. The number of hydrogen-bond donors (Lipinski definition) is 1. The third-order valence-corrected chi connectivity index (χ3v) is 0.341. The maximum Gasteiger partial charge on any atom is 2.00 e. The number of carboxylic acid groups (broad SMARTS) is 1. The van der Waals surface area contributed by atoms with Crippen LogP contribution in [0.5, 0.6) is 0 Å². The van der Waals surface area contributed by atoms with Crippen molar-refractivity contribution in [2.45, 2.75) is 13.0 Å². The average molecular weight is 188 g/mol. The summed E-state index contributed by atoms with van der Waals surface area (Å²) in [5.41, 5.74) is 0. The van der Waals surface area contributed by atoms with E-state index in [4.69, 9.17) is 5.11 Å². The Kier molecular flexibility index (Phi) is 31.3. The van der Waals surface area contributed by atoms with Gasteiger partial charge in [0.2, 0.25) is 0 Å². The molecule has 48 valence electrons. The van der Waals surface area contributed by atoms with E-state index in [1.54, 1.807) is 0 Å². The maximum atomic E-state index is 9.34. The van der Waals surface area contributed by atoms with Crippen LogP contribution in [0.1, 0.15) is 9.78 Å². The first-order chi connectivity index (χ1) is 2.64. The Labute approximate surface area is 116 Å². The first kappa shape index (κ1) is 22.4. The molecule has 2 N–H and O–H groups in total. The Hall–Kier alpha value is 1.91. The zero-order chi connectivity index (χ0) is 5.15. The summed E-state index contributed by atoms with van der Waals surface area (Å²) >= 11 is 0. The van der Waals surface area contributed by atoms with Gasteiger partial charge >= 0.3 is 75.5 Å². The molecule has 0 aliphatic heterocycles. The molecule has 4 nitrogen and oxygen atoms in total. The van der Waals surface area contributed by atoms with Crippen molar-refractivity contribution in [2.75, 3.05) is 0 Å². The third-order valence-electron chi connectivity index (χ3n) is 0.341. The Morgan fingerprint density at radius 2 is 1.78 bits per heavy atom. The topological polar surface area (TPSA) is 90.4 Å². The normalized spacial score (nSPS) is 9.11. The van der Waals surface area contributed by atoms with Crippen LogP contribution in [-0.2, 0) is 4.79 Å². The average Bonchev–Trinajstić information content (AvgIpc) is 1.36. The number of aliphatic carboxylic acids is 1. The predicted octanol–water partition coefficient (Wildman–Crippen LogP) is -2.60. The summed E-state index contributed by atoms with van der Waals surface area (Å²) < 4.78 is 0. The van der Waals surface area contributed by atoms with Gasteiger partial charge in [-0.1, -0.05) is 0 Å². The van der Waals surface area contributed by atoms with Gasteiger partial charge in [-0.05, 0) is 6.92 Å². The van der Waals surface area contributed by atoms with Gasteiger partial charge in [0, 0.05) is 0 Å². The second kappa shape index (κ2) is 12.6. The molecule has 1 atom stereocenters. The molecule has 0 saturated carbocycles. The quantitative estimate of drug-likeness (QED) is 0.457. The number of rotatable bonds is 1. The fourth-order valence-electron chi connectivity index (χ4n) is 0. The summed E-state index contributed by atoms with van der Waals surface area (Å²) in [6.07, 6.45) is -1.34. The minimum absolute atomic E-state index is 0. The Bertz CT molecular complexity index is 72.4. The van der Waals surface area contributed by atoms with E-state index < -0.39 is 12.1 Å². The minimum atomic E-state index is -1.44. The van der Waals surface area contributed by atoms with E-state index in [-0.39, 0.29) is 83.8 Å². The smallest absolute Gasteiger partial charge is 1.00 e. The van der Waals surface area contributed by atoms with Gasteiger partial charge < -0.3 is 23.3 Å². The first-order valence-electron chi connectivity index (χ1n) is 1.53. The van der Waals surface area contributed by atoms with E-state index >= 15 is 0 Å². The zero-order valence-corrected chi connectivity index (χ0v) is 9.62. The van der Waals surface area contributed by atoms with E-state index in [0.29, 0.717) is 0 Å². The summed E-state index contributed by atoms with van der Waals surface area (Å²) in [4.78, 5) is 9.34. The molecule has 0 heterocycles. The van der Waals surface area contributed by atoms with Gasteiger partial charge in [-0.15, -0.1) is 0 Å². The molecule has 0 aromatic carbocycles. The van der Waals surface area contributed by atoms with Crippen molar-refractivity contribution >= 4 is 81.4 Å². The van der Waals surface area contributed by atoms with Gasteiger partial charge in [0.25, 0.3) is 0 Å². The Morgan fingerprint density at radius 1 is 1.67 bits per heavy atom. The summed E-state index contributed by atoms with van der Waals surface area (Å²) in [5, 5.41) is 17.3. The van der Waals surface area contributed by atoms with Crippen molar-refractivity contribution in [2.24, 2.45) is 0 Å². The molecule has 0 aliphatic carbocycles. The van der Waals surface area contributed by atoms with Crippen molar-refractivity contribution in [3.05, 3.63) is 0 Å². The Balaban J connectivity index is -0.0000000125. The molecule has 0 aromatic heterocycles. The molecular formula is C3H8Ca2O4. The summed E-state index contributed by atoms with van der Waals surface area (Å²) in [7, 11) is 0. The molecule has 0 radical (unpaired) electrons. The summed E-state index contributed by atoms with van der Waals surface area (Å²) in [6.45, 7) is 1.13. The molecule has 0 saturated heterocycles. The molecule has 9 heavy (non-hydrogen) atoms. The monoisotopic (exact) mass is 188 g/mol. The van der Waals surface area contributed by atoms with E-state index in [2.05, 4.69) is 0 Å². The number of hydrogen-bond acceptors (Lipinski definition) is 4. The molecular weight excluding hydrogens is 180 g/mol. The molecule has 0 aliphatic rings. The predicted molar refractivity (Wildman–Crippen MR) is 32.4 cm³/mol. The van der Waals surface area contributed by atoms with Crippen LogP contribution >= 0.6 is 0 Å². The molecule has 0 rings (SSSR count). The third kappa shape index (κ3) is 17.8. The van der Waals surface area contributed by atoms with Crippen molar-refractivity contribution in [3.8, 4) is 0 Å². The molecule has 0 fully saturated rings. The number of carbonyl (C=O) groups excluding carboxylic acids is 1. The van der Waals surface area contributed by atoms with Crippen molar-refractivity contribution in [1.29, 1.82) is 0 Å². The SMILES string of the molecule is CC(O)C(=O)[O-].[Ca+2].[Ca+2].[H-].[H-].[OH-]. The fraction of sp³-hybridized carbons (Fsp3) is 0.667. The minimum Gasteiger partial charge on any atom is -1.00 e. The van der Waals surface area contributed by atoms with Crippen molar-refractivity contribution < 1.29 is 23.3 Å². The van der Waals surface area contributed by atoms with Crippen LogP contribution in [0.3, 0.4) is 0 Å². The van der Waals surface area contributed by atoms with E-state index in [1.807, 2.05) is 0 Å². The zero-order valence-electron chi connectivity index (χ0n) is 7.20. The van der Waals surface area contributed by atoms with Crippen LogP contribution in [0, 0.1) is 0 Å². The molecule has 6 heteroatoms. The maximum absolute atomic E-state index is 9.34. The number of carbonyl (C=O) groups is 1. The van der Waals surface area contributed by atoms with Crippen LogP contribution in [0.2, 0.25) is 0 Å². The van der Waals surface area contributed by atoms with E-state index in [0.717, 1.165) is 6.92 Å². The number of aliphatic hydroxyl groups is 1. The standard InChI is InChI=1S/C3H6O3.2Ca.H2O.2H/c1-2(4)3(5)6;;;;;/h2,4H,1H3,(H,5,6);;;1H2;;/q;2*+2;;2*-1/p-2. The molecule has 0 spiro atoms. The largest absolute Gasteiger partial charge is 2.00 e. The van der Waals surface area contributed by atoms with Crippen LogP contribution in [0.15, 0.2) is 0 Å². The van der Waals surface area contributed by atoms with Gasteiger partial charge in [0.05, 0.1) is 12.1 Å². The van der Waals surface area contributed by atoms with Crippen LogP contribution in [0.4, 0.5) is 0 Å². The number of aliphatic hydroxyl groups excluding tert-OH is 1. The van der Waals surface area contributed by atoms with E-state index in [9.17, 15) is 9.90 Å². The van der Waals surface area contributed by atoms with Gasteiger partial charge in [-0.25, -0.2) is 0 Å². The van der Waals surface area contributed by atoms with Crippen molar-refractivity contribution in [3.63, 3.8) is 0 Å². The fourth-order valence-corrected chi connectivity index (χ4v) is 0. The van der Waals surface area contributed by atoms with Crippen LogP contribution < -0.4 is 5.11 Å². The summed E-state index contributed by atoms with van der Waals surface area (Å²) in [6, 6.07) is 0. The molecule has 0 aromatic rings. The van der Waals surface area contributed by atoms with Crippen LogP contribution in [0.25, 0.3) is 0 Å². The van der Waals surface area contributed by atoms with Gasteiger partial charge in [-0.3, -0.25) is 0 Å². The summed E-state index contributed by atoms with van der Waals surface area (Å²) in [5.74, 6) is -1.44. The van der Waals surface area contributed by atoms with Gasteiger partial charge in [0.15, 0.2) is 0 Å². The van der Waals surface area contributed by atoms with Gasteiger partial charge in [-0.2, -0.15) is 0 Å². The van der Waals surface area contributed by atoms with E-state index in [1.165, 1.54) is 0 Å². The van der Waals surface area contributed by atoms with Crippen molar-refractivity contribution in [1.82, 2.24) is 0 Å². The second-order valence-corrected chi connectivity index (χ2v) is 0.995. The first-order valence-corrected chi connectivity index (χ1v) is 1.53. The second-order valence-electron chi connectivity index (χ2n) is 0.995. The van der Waals surface area contributed by atoms with Gasteiger partial charge in [0.1, 0.15) is 0 Å².